The molecule has 5 nitrogen and oxygen atoms in total. The lowest BCUT2D eigenvalue weighted by Gasteiger charge is -2.10. The number of nitrogens with zero attached hydrogens (tertiary/aromatic N) is 3. The van der Waals surface area contributed by atoms with Crippen molar-refractivity contribution < 1.29 is 4.74 Å². The van der Waals surface area contributed by atoms with Crippen molar-refractivity contribution in [3.8, 4) is 0 Å². The SMILES string of the molecule is CCOC(c1nn[nH]n1)C1CC1. The number of rotatable bonds is 4. The van der Waals surface area contributed by atoms with Crippen LogP contribution < -0.4 is 0 Å². The summed E-state index contributed by atoms with van der Waals surface area (Å²) in [7, 11) is 0. The van der Waals surface area contributed by atoms with E-state index in [9.17, 15) is 0 Å². The summed E-state index contributed by atoms with van der Waals surface area (Å²) in [6.45, 7) is 2.69. The molecule has 0 aromatic carbocycles. The summed E-state index contributed by atoms with van der Waals surface area (Å²) in [6.07, 6.45) is 2.51. The van der Waals surface area contributed by atoms with Crippen molar-refractivity contribution in [2.75, 3.05) is 6.61 Å². The summed E-state index contributed by atoms with van der Waals surface area (Å²) < 4.78 is 5.53. The van der Waals surface area contributed by atoms with Crippen LogP contribution in [0.3, 0.4) is 0 Å². The molecule has 1 atom stereocenters. The van der Waals surface area contributed by atoms with E-state index < -0.39 is 0 Å². The van der Waals surface area contributed by atoms with Gasteiger partial charge < -0.3 is 4.74 Å². The maximum absolute atomic E-state index is 5.53. The fraction of sp³-hybridized carbons (Fsp3) is 0.857. The molecule has 0 radical (unpaired) electrons. The van der Waals surface area contributed by atoms with Gasteiger partial charge in [-0.1, -0.05) is 5.21 Å². The zero-order valence-corrected chi connectivity index (χ0v) is 7.03. The minimum Gasteiger partial charge on any atom is -0.370 e. The lowest BCUT2D eigenvalue weighted by atomic mass is 10.2. The average Bonchev–Trinajstić information content (AvgIpc) is 2.77. The summed E-state index contributed by atoms with van der Waals surface area (Å²) in [5, 5.41) is 13.8. The Morgan fingerprint density at radius 2 is 2.50 bits per heavy atom. The number of aromatic amines is 1. The Kier molecular flexibility index (Phi) is 2.03. The van der Waals surface area contributed by atoms with E-state index in [0.29, 0.717) is 18.3 Å². The molecule has 0 amide bonds. The van der Waals surface area contributed by atoms with E-state index >= 15 is 0 Å². The van der Waals surface area contributed by atoms with Gasteiger partial charge in [0.2, 0.25) is 5.82 Å². The van der Waals surface area contributed by atoms with Gasteiger partial charge in [0.05, 0.1) is 0 Å². The average molecular weight is 168 g/mol. The van der Waals surface area contributed by atoms with Gasteiger partial charge in [0.25, 0.3) is 0 Å². The molecule has 5 heteroatoms. The Balaban J connectivity index is 2.05. The normalized spacial score (nSPS) is 19.4. The van der Waals surface area contributed by atoms with E-state index in [4.69, 9.17) is 4.74 Å². The van der Waals surface area contributed by atoms with Gasteiger partial charge in [-0.2, -0.15) is 5.21 Å². The van der Waals surface area contributed by atoms with Gasteiger partial charge >= 0.3 is 0 Å². The molecule has 0 spiro atoms. The number of ether oxygens (including phenoxy) is 1. The van der Waals surface area contributed by atoms with Gasteiger partial charge in [-0.3, -0.25) is 0 Å². The lowest BCUT2D eigenvalue weighted by Crippen LogP contribution is -2.08. The summed E-state index contributed by atoms with van der Waals surface area (Å²) in [6, 6.07) is 0. The summed E-state index contributed by atoms with van der Waals surface area (Å²) in [5.41, 5.74) is 0. The highest BCUT2D eigenvalue weighted by molar-refractivity contribution is 4.94. The second kappa shape index (κ2) is 3.18. The van der Waals surface area contributed by atoms with Crippen molar-refractivity contribution >= 4 is 0 Å². The fourth-order valence-electron chi connectivity index (χ4n) is 1.29. The number of nitrogens with one attached hydrogen (secondary N) is 1. The monoisotopic (exact) mass is 168 g/mol. The molecule has 1 N–H and O–H groups in total. The van der Waals surface area contributed by atoms with E-state index in [1.807, 2.05) is 6.92 Å². The topological polar surface area (TPSA) is 63.7 Å². The third-order valence-corrected chi connectivity index (χ3v) is 2.01. The van der Waals surface area contributed by atoms with Crippen molar-refractivity contribution in [2.24, 2.45) is 5.92 Å². The zero-order valence-electron chi connectivity index (χ0n) is 7.03. The molecule has 1 fully saturated rings. The van der Waals surface area contributed by atoms with Gasteiger partial charge in [0, 0.05) is 6.61 Å². The van der Waals surface area contributed by atoms with Gasteiger partial charge in [0.15, 0.2) is 0 Å². The molecule has 0 bridgehead atoms. The van der Waals surface area contributed by atoms with Crippen molar-refractivity contribution in [3.05, 3.63) is 5.82 Å². The Bertz CT molecular complexity index is 232. The molecular formula is C7H12N4O. The quantitative estimate of drug-likeness (QED) is 0.718. The second-order valence-corrected chi connectivity index (χ2v) is 2.98. The highest BCUT2D eigenvalue weighted by Gasteiger charge is 2.35. The first-order chi connectivity index (χ1) is 5.92. The van der Waals surface area contributed by atoms with Crippen LogP contribution in [0.15, 0.2) is 0 Å². The van der Waals surface area contributed by atoms with Crippen molar-refractivity contribution in [2.45, 2.75) is 25.9 Å². The van der Waals surface area contributed by atoms with E-state index in [-0.39, 0.29) is 6.10 Å². The molecule has 0 saturated heterocycles. The van der Waals surface area contributed by atoms with Crippen LogP contribution in [0.4, 0.5) is 0 Å². The van der Waals surface area contributed by atoms with Crippen LogP contribution in [-0.2, 0) is 4.74 Å². The van der Waals surface area contributed by atoms with E-state index in [1.165, 1.54) is 12.8 Å². The summed E-state index contributed by atoms with van der Waals surface area (Å²) in [4.78, 5) is 0. The molecule has 1 unspecified atom stereocenters. The first kappa shape index (κ1) is 7.67. The molecule has 66 valence electrons. The highest BCUT2D eigenvalue weighted by atomic mass is 16.5. The molecule has 0 aliphatic heterocycles. The van der Waals surface area contributed by atoms with Crippen molar-refractivity contribution in [3.63, 3.8) is 0 Å². The third kappa shape index (κ3) is 1.45. The van der Waals surface area contributed by atoms with Crippen LogP contribution in [0.1, 0.15) is 31.7 Å². The van der Waals surface area contributed by atoms with E-state index in [0.717, 1.165) is 0 Å². The molecule has 1 aromatic rings. The predicted octanol–water partition coefficient (Wildman–Crippen LogP) is 0.687. The van der Waals surface area contributed by atoms with Gasteiger partial charge in [-0.15, -0.1) is 10.2 Å². The van der Waals surface area contributed by atoms with Crippen LogP contribution >= 0.6 is 0 Å². The minimum absolute atomic E-state index is 0.0637. The number of hydrogen-bond acceptors (Lipinski definition) is 4. The van der Waals surface area contributed by atoms with Crippen LogP contribution in [0, 0.1) is 5.92 Å². The van der Waals surface area contributed by atoms with Crippen LogP contribution in [0.2, 0.25) is 0 Å². The zero-order chi connectivity index (χ0) is 8.39. The second-order valence-electron chi connectivity index (χ2n) is 2.98. The van der Waals surface area contributed by atoms with Crippen LogP contribution in [0.25, 0.3) is 0 Å². The number of H-pyrrole nitrogens is 1. The van der Waals surface area contributed by atoms with Crippen LogP contribution in [0.5, 0.6) is 0 Å². The third-order valence-electron chi connectivity index (χ3n) is 2.01. The molecule has 1 aromatic heterocycles. The van der Waals surface area contributed by atoms with Gasteiger partial charge in [-0.05, 0) is 25.7 Å². The Hall–Kier alpha value is -0.970. The Morgan fingerprint density at radius 3 is 3.00 bits per heavy atom. The highest BCUT2D eigenvalue weighted by Crippen LogP contribution is 2.41. The smallest absolute Gasteiger partial charge is 0.203 e. The Morgan fingerprint density at radius 1 is 1.67 bits per heavy atom. The molecule has 1 aliphatic carbocycles. The number of aromatic nitrogens is 4. The standard InChI is InChI=1S/C7H12N4O/c1-2-12-6(5-3-4-5)7-8-10-11-9-7/h5-6H,2-4H2,1H3,(H,8,9,10,11). The van der Waals surface area contributed by atoms with Gasteiger partial charge in [0.1, 0.15) is 6.10 Å². The molecule has 1 heterocycles. The molecule has 2 rings (SSSR count). The van der Waals surface area contributed by atoms with Crippen molar-refractivity contribution in [1.82, 2.24) is 20.6 Å². The van der Waals surface area contributed by atoms with E-state index in [1.54, 1.807) is 0 Å². The maximum Gasteiger partial charge on any atom is 0.203 e. The van der Waals surface area contributed by atoms with Gasteiger partial charge in [-0.25, -0.2) is 0 Å². The molecular weight excluding hydrogens is 156 g/mol. The fourth-order valence-corrected chi connectivity index (χ4v) is 1.29. The first-order valence-corrected chi connectivity index (χ1v) is 4.26. The predicted molar refractivity (Wildman–Crippen MR) is 41.3 cm³/mol. The minimum atomic E-state index is 0.0637. The maximum atomic E-state index is 5.53. The Labute approximate surface area is 70.5 Å². The number of tetrazole rings is 1. The molecule has 1 saturated carbocycles. The molecule has 12 heavy (non-hydrogen) atoms. The van der Waals surface area contributed by atoms with Crippen LogP contribution in [-0.4, -0.2) is 27.2 Å². The molecule has 1 aliphatic rings. The van der Waals surface area contributed by atoms with E-state index in [2.05, 4.69) is 20.6 Å². The summed E-state index contributed by atoms with van der Waals surface area (Å²) >= 11 is 0. The largest absolute Gasteiger partial charge is 0.370 e. The lowest BCUT2D eigenvalue weighted by molar-refractivity contribution is 0.0401. The summed E-state index contributed by atoms with van der Waals surface area (Å²) in [5.74, 6) is 1.31. The number of hydrogen-bond donors (Lipinski definition) is 1. The van der Waals surface area contributed by atoms with Crippen molar-refractivity contribution in [1.29, 1.82) is 0 Å². The first-order valence-electron chi connectivity index (χ1n) is 4.26.